The van der Waals surface area contributed by atoms with E-state index in [9.17, 15) is 4.79 Å². The van der Waals surface area contributed by atoms with Crippen LogP contribution in [-0.2, 0) is 16.1 Å². The molecule has 3 heterocycles. The number of carbonyl (C=O) groups excluding carboxylic acids is 1. The van der Waals surface area contributed by atoms with Gasteiger partial charge in [0, 0.05) is 44.4 Å². The Bertz CT molecular complexity index is 642. The van der Waals surface area contributed by atoms with Crippen molar-refractivity contribution in [1.82, 2.24) is 19.7 Å². The average molecular weight is 335 g/mol. The first-order valence-corrected chi connectivity index (χ1v) is 8.46. The van der Waals surface area contributed by atoms with Gasteiger partial charge in [0.25, 0.3) is 0 Å². The van der Waals surface area contributed by atoms with Crippen molar-refractivity contribution in [2.45, 2.75) is 32.0 Å². The maximum absolute atomic E-state index is 11.1. The number of carbonyl (C=O) groups is 1. The summed E-state index contributed by atoms with van der Waals surface area (Å²) >= 11 is 1.67. The lowest BCUT2D eigenvalue weighted by atomic mass is 10.2. The molecule has 124 valence electrons. The highest BCUT2D eigenvalue weighted by atomic mass is 32.1. The second-order valence-corrected chi connectivity index (χ2v) is 6.72. The van der Waals surface area contributed by atoms with Crippen molar-refractivity contribution in [3.63, 3.8) is 0 Å². The molecule has 0 bridgehead atoms. The average Bonchev–Trinajstić information content (AvgIpc) is 3.21. The predicted molar refractivity (Wildman–Crippen MR) is 88.4 cm³/mol. The molecule has 1 N–H and O–H groups in total. The van der Waals surface area contributed by atoms with Crippen LogP contribution in [0.1, 0.15) is 24.4 Å². The zero-order valence-corrected chi connectivity index (χ0v) is 14.1. The monoisotopic (exact) mass is 335 g/mol. The predicted octanol–water partition coefficient (Wildman–Crippen LogP) is 1.76. The molecule has 3 rings (SSSR count). The Morgan fingerprint density at radius 1 is 1.57 bits per heavy atom. The summed E-state index contributed by atoms with van der Waals surface area (Å²) < 4.78 is 7.31. The van der Waals surface area contributed by atoms with E-state index in [0.717, 1.165) is 30.2 Å². The molecule has 2 aromatic heterocycles. The normalized spacial score (nSPS) is 21.7. The Morgan fingerprint density at radius 2 is 2.43 bits per heavy atom. The van der Waals surface area contributed by atoms with E-state index in [0.29, 0.717) is 12.6 Å². The molecule has 0 saturated carbocycles. The van der Waals surface area contributed by atoms with Crippen LogP contribution in [0, 0.1) is 0 Å². The highest BCUT2D eigenvalue weighted by Crippen LogP contribution is 2.29. The minimum absolute atomic E-state index is 0.0846. The van der Waals surface area contributed by atoms with E-state index in [-0.39, 0.29) is 11.9 Å². The summed E-state index contributed by atoms with van der Waals surface area (Å²) in [7, 11) is 1.73. The number of anilines is 1. The Kier molecular flexibility index (Phi) is 5.04. The largest absolute Gasteiger partial charge is 0.383 e. The lowest BCUT2D eigenvalue weighted by Gasteiger charge is -2.22. The molecule has 1 aliphatic heterocycles. The van der Waals surface area contributed by atoms with Gasteiger partial charge in [-0.3, -0.25) is 14.4 Å². The van der Waals surface area contributed by atoms with Crippen LogP contribution < -0.4 is 5.32 Å². The maximum Gasteiger partial charge on any atom is 0.221 e. The number of likely N-dealkylation sites (tertiary alicyclic amines) is 1. The maximum atomic E-state index is 11.1. The van der Waals surface area contributed by atoms with Crippen molar-refractivity contribution < 1.29 is 9.53 Å². The molecule has 1 amide bonds. The van der Waals surface area contributed by atoms with E-state index in [1.807, 2.05) is 22.5 Å². The third-order valence-electron chi connectivity index (χ3n) is 3.98. The number of amides is 1. The number of ether oxygens (including phenoxy) is 1. The van der Waals surface area contributed by atoms with Crippen molar-refractivity contribution in [2.75, 3.05) is 25.6 Å². The Labute approximate surface area is 139 Å². The minimum Gasteiger partial charge on any atom is -0.383 e. The summed E-state index contributed by atoms with van der Waals surface area (Å²) in [5.41, 5.74) is 0.735. The molecular formula is C15H21N5O2S. The van der Waals surface area contributed by atoms with Crippen molar-refractivity contribution in [3.05, 3.63) is 29.0 Å². The first-order valence-electron chi connectivity index (χ1n) is 7.59. The summed E-state index contributed by atoms with van der Waals surface area (Å²) in [4.78, 5) is 17.9. The first-order chi connectivity index (χ1) is 11.2. The van der Waals surface area contributed by atoms with Crippen LogP contribution in [0.4, 0.5) is 5.69 Å². The highest BCUT2D eigenvalue weighted by molar-refractivity contribution is 7.09. The molecule has 1 fully saturated rings. The van der Waals surface area contributed by atoms with E-state index in [2.05, 4.69) is 20.3 Å². The molecular weight excluding hydrogens is 314 g/mol. The summed E-state index contributed by atoms with van der Waals surface area (Å²) in [6.07, 6.45) is 6.39. The van der Waals surface area contributed by atoms with Gasteiger partial charge in [0.15, 0.2) is 0 Å². The zero-order valence-electron chi connectivity index (χ0n) is 13.3. The molecule has 7 nitrogen and oxygen atoms in total. The molecule has 2 atom stereocenters. The topological polar surface area (TPSA) is 72.3 Å². The third kappa shape index (κ3) is 3.95. The van der Waals surface area contributed by atoms with Crippen LogP contribution >= 0.6 is 11.3 Å². The van der Waals surface area contributed by atoms with Crippen molar-refractivity contribution in [2.24, 2.45) is 0 Å². The van der Waals surface area contributed by atoms with Gasteiger partial charge in [0.1, 0.15) is 5.01 Å². The van der Waals surface area contributed by atoms with Crippen LogP contribution in [0.25, 0.3) is 0 Å². The fraction of sp³-hybridized carbons (Fsp3) is 0.533. The molecule has 0 unspecified atom stereocenters. The van der Waals surface area contributed by atoms with Gasteiger partial charge >= 0.3 is 0 Å². The standard InChI is InChI=1S/C15H21N5O2S/c1-11(21)18-12-6-17-20(7-12)13-5-14(10-22-2)19(8-13)9-15-16-3-4-23-15/h3-4,6-7,13-14H,5,8-10H2,1-2H3,(H,18,21)/t13-,14-/m0/s1. The molecule has 1 aliphatic rings. The molecule has 23 heavy (non-hydrogen) atoms. The van der Waals surface area contributed by atoms with E-state index in [4.69, 9.17) is 4.74 Å². The van der Waals surface area contributed by atoms with E-state index in [1.54, 1.807) is 24.6 Å². The first kappa shape index (κ1) is 16.1. The van der Waals surface area contributed by atoms with E-state index in [1.165, 1.54) is 6.92 Å². The summed E-state index contributed by atoms with van der Waals surface area (Å²) in [5.74, 6) is -0.0846. The van der Waals surface area contributed by atoms with E-state index < -0.39 is 0 Å². The van der Waals surface area contributed by atoms with Crippen LogP contribution in [0.15, 0.2) is 24.0 Å². The number of rotatable bonds is 6. The Balaban J connectivity index is 1.69. The smallest absolute Gasteiger partial charge is 0.221 e. The van der Waals surface area contributed by atoms with Gasteiger partial charge in [-0.1, -0.05) is 0 Å². The molecule has 8 heteroatoms. The van der Waals surface area contributed by atoms with Gasteiger partial charge in [-0.15, -0.1) is 11.3 Å². The van der Waals surface area contributed by atoms with Gasteiger partial charge in [-0.25, -0.2) is 4.98 Å². The van der Waals surface area contributed by atoms with Crippen LogP contribution in [-0.4, -0.2) is 51.9 Å². The second-order valence-electron chi connectivity index (χ2n) is 5.74. The zero-order chi connectivity index (χ0) is 16.2. The number of methoxy groups -OCH3 is 1. The number of hydrogen-bond acceptors (Lipinski definition) is 6. The molecule has 2 aromatic rings. The van der Waals surface area contributed by atoms with Crippen molar-refractivity contribution in [1.29, 1.82) is 0 Å². The second kappa shape index (κ2) is 7.20. The third-order valence-corrected chi connectivity index (χ3v) is 4.75. The Hall–Kier alpha value is -1.77. The number of hydrogen-bond donors (Lipinski definition) is 1. The fourth-order valence-electron chi connectivity index (χ4n) is 3.02. The number of nitrogens with zero attached hydrogens (tertiary/aromatic N) is 4. The molecule has 0 aliphatic carbocycles. The van der Waals surface area contributed by atoms with Crippen LogP contribution in [0.5, 0.6) is 0 Å². The lowest BCUT2D eigenvalue weighted by molar-refractivity contribution is -0.114. The molecule has 0 aromatic carbocycles. The number of thiazole rings is 1. The van der Waals surface area contributed by atoms with Gasteiger partial charge in [-0.2, -0.15) is 5.10 Å². The fourth-order valence-corrected chi connectivity index (χ4v) is 3.66. The molecule has 1 saturated heterocycles. The van der Waals surface area contributed by atoms with E-state index >= 15 is 0 Å². The van der Waals surface area contributed by atoms with Gasteiger partial charge in [0.2, 0.25) is 5.91 Å². The lowest BCUT2D eigenvalue weighted by Crippen LogP contribution is -2.32. The van der Waals surface area contributed by atoms with Gasteiger partial charge in [0.05, 0.1) is 31.1 Å². The van der Waals surface area contributed by atoms with Crippen LogP contribution in [0.2, 0.25) is 0 Å². The number of nitrogens with one attached hydrogen (secondary N) is 1. The number of aromatic nitrogens is 3. The SMILES string of the molecule is COC[C@@H]1C[C@H](n2cc(NC(C)=O)cn2)CN1Cc1nccs1. The molecule has 0 radical (unpaired) electrons. The summed E-state index contributed by atoms with van der Waals surface area (Å²) in [6, 6.07) is 0.625. The minimum atomic E-state index is -0.0846. The quantitative estimate of drug-likeness (QED) is 0.871. The summed E-state index contributed by atoms with van der Waals surface area (Å²) in [6.45, 7) is 3.93. The molecule has 0 spiro atoms. The highest BCUT2D eigenvalue weighted by Gasteiger charge is 2.33. The van der Waals surface area contributed by atoms with Gasteiger partial charge < -0.3 is 10.1 Å². The Morgan fingerprint density at radius 3 is 3.13 bits per heavy atom. The summed E-state index contributed by atoms with van der Waals surface area (Å²) in [5, 5.41) is 10.3. The van der Waals surface area contributed by atoms with Crippen molar-refractivity contribution in [3.8, 4) is 0 Å². The van der Waals surface area contributed by atoms with Crippen LogP contribution in [0.3, 0.4) is 0 Å². The van der Waals surface area contributed by atoms with Gasteiger partial charge in [-0.05, 0) is 6.42 Å². The van der Waals surface area contributed by atoms with Crippen molar-refractivity contribution >= 4 is 22.9 Å².